The number of piperidine rings is 1. The molecule has 1 saturated heterocycles. The van der Waals surface area contributed by atoms with Gasteiger partial charge in [0.15, 0.2) is 5.76 Å². The molecular weight excluding hydrogens is 330 g/mol. The smallest absolute Gasteiger partial charge is 0.248 e. The van der Waals surface area contributed by atoms with Gasteiger partial charge in [-0.05, 0) is 39.5 Å². The second-order valence-electron chi connectivity index (χ2n) is 6.90. The quantitative estimate of drug-likeness (QED) is 0.868. The van der Waals surface area contributed by atoms with Gasteiger partial charge in [-0.3, -0.25) is 4.79 Å². The Bertz CT molecular complexity index is 677. The predicted octanol–water partition coefficient (Wildman–Crippen LogP) is 1.85. The molecular formula is C16H27N3O4S. The lowest BCUT2D eigenvalue weighted by Gasteiger charge is -2.32. The van der Waals surface area contributed by atoms with E-state index in [1.807, 2.05) is 20.8 Å². The van der Waals surface area contributed by atoms with Crippen LogP contribution in [0.25, 0.3) is 0 Å². The minimum absolute atomic E-state index is 0.0621. The Morgan fingerprint density at radius 1 is 1.33 bits per heavy atom. The minimum Gasteiger partial charge on any atom is -0.360 e. The van der Waals surface area contributed by atoms with Gasteiger partial charge in [0.2, 0.25) is 15.9 Å². The third-order valence-corrected chi connectivity index (χ3v) is 6.80. The minimum atomic E-state index is -3.69. The second-order valence-corrected chi connectivity index (χ2v) is 8.77. The molecule has 2 atom stereocenters. The first-order valence-corrected chi connectivity index (χ1v) is 9.82. The molecule has 1 aromatic rings. The monoisotopic (exact) mass is 357 g/mol. The number of carbonyl (C=O) groups excluding carboxylic acids is 1. The molecule has 1 aliphatic rings. The van der Waals surface area contributed by atoms with Crippen LogP contribution in [0.2, 0.25) is 0 Å². The number of amides is 1. The maximum atomic E-state index is 12.9. The third kappa shape index (κ3) is 3.80. The average Bonchev–Trinajstić information content (AvgIpc) is 2.86. The van der Waals surface area contributed by atoms with Gasteiger partial charge in [0.1, 0.15) is 10.6 Å². The Hall–Kier alpha value is -1.41. The third-order valence-electron chi connectivity index (χ3n) is 4.69. The van der Waals surface area contributed by atoms with Crippen molar-refractivity contribution in [1.29, 1.82) is 0 Å². The molecule has 2 unspecified atom stereocenters. The number of sulfonamides is 1. The molecule has 1 N–H and O–H groups in total. The summed E-state index contributed by atoms with van der Waals surface area (Å²) in [6.07, 6.45) is 1.36. The highest BCUT2D eigenvalue weighted by molar-refractivity contribution is 7.89. The van der Waals surface area contributed by atoms with Gasteiger partial charge in [-0.25, -0.2) is 8.42 Å². The summed E-state index contributed by atoms with van der Waals surface area (Å²) in [5.74, 6) is 0.220. The maximum absolute atomic E-state index is 12.9. The van der Waals surface area contributed by atoms with Gasteiger partial charge in [0, 0.05) is 19.1 Å². The standard InChI is InChI=1S/C16H27N3O4S/c1-10(2)11(3)17-16(20)14-7-6-8-19(9-14)24(21,22)15-12(4)18-23-13(15)5/h10-11,14H,6-9H2,1-5H3,(H,17,20). The SMILES string of the molecule is Cc1noc(C)c1S(=O)(=O)N1CCCC(C(=O)NC(C)C(C)C)C1. The van der Waals surface area contributed by atoms with Crippen LogP contribution >= 0.6 is 0 Å². The van der Waals surface area contributed by atoms with E-state index >= 15 is 0 Å². The van der Waals surface area contributed by atoms with Crippen molar-refractivity contribution in [2.24, 2.45) is 11.8 Å². The highest BCUT2D eigenvalue weighted by Crippen LogP contribution is 2.27. The van der Waals surface area contributed by atoms with E-state index in [1.54, 1.807) is 13.8 Å². The Kier molecular flexibility index (Phi) is 5.70. The fraction of sp³-hybridized carbons (Fsp3) is 0.750. The van der Waals surface area contributed by atoms with Crippen LogP contribution in [0, 0.1) is 25.7 Å². The topological polar surface area (TPSA) is 92.5 Å². The zero-order chi connectivity index (χ0) is 18.1. The lowest BCUT2D eigenvalue weighted by atomic mass is 9.97. The van der Waals surface area contributed by atoms with E-state index in [1.165, 1.54) is 4.31 Å². The van der Waals surface area contributed by atoms with E-state index in [2.05, 4.69) is 10.5 Å². The van der Waals surface area contributed by atoms with Crippen molar-refractivity contribution >= 4 is 15.9 Å². The molecule has 8 heteroatoms. The van der Waals surface area contributed by atoms with Crippen LogP contribution in [0.5, 0.6) is 0 Å². The molecule has 0 spiro atoms. The van der Waals surface area contributed by atoms with Gasteiger partial charge in [0.05, 0.1) is 5.92 Å². The van der Waals surface area contributed by atoms with Gasteiger partial charge < -0.3 is 9.84 Å². The fourth-order valence-electron chi connectivity index (χ4n) is 2.86. The summed E-state index contributed by atoms with van der Waals surface area (Å²) in [5, 5.41) is 6.72. The molecule has 1 amide bonds. The zero-order valence-corrected chi connectivity index (χ0v) is 15.8. The predicted molar refractivity (Wildman–Crippen MR) is 89.9 cm³/mol. The molecule has 1 aromatic heterocycles. The molecule has 2 rings (SSSR count). The van der Waals surface area contributed by atoms with Crippen LogP contribution in [-0.4, -0.2) is 42.9 Å². The van der Waals surface area contributed by atoms with Crippen molar-refractivity contribution in [2.45, 2.75) is 58.4 Å². The van der Waals surface area contributed by atoms with Gasteiger partial charge in [-0.1, -0.05) is 19.0 Å². The van der Waals surface area contributed by atoms with Crippen molar-refractivity contribution in [2.75, 3.05) is 13.1 Å². The van der Waals surface area contributed by atoms with Gasteiger partial charge >= 0.3 is 0 Å². The number of aromatic nitrogens is 1. The molecule has 7 nitrogen and oxygen atoms in total. The summed E-state index contributed by atoms with van der Waals surface area (Å²) in [7, 11) is -3.69. The Labute approximate surface area is 143 Å². The van der Waals surface area contributed by atoms with Crippen molar-refractivity contribution in [3.8, 4) is 0 Å². The first-order valence-electron chi connectivity index (χ1n) is 8.38. The first kappa shape index (κ1) is 18.9. The van der Waals surface area contributed by atoms with E-state index < -0.39 is 10.0 Å². The fourth-order valence-corrected chi connectivity index (χ4v) is 4.67. The van der Waals surface area contributed by atoms with Crippen molar-refractivity contribution in [1.82, 2.24) is 14.8 Å². The van der Waals surface area contributed by atoms with Crippen LogP contribution < -0.4 is 5.32 Å². The Morgan fingerprint density at radius 3 is 2.54 bits per heavy atom. The number of aryl methyl sites for hydroxylation is 2. The van der Waals surface area contributed by atoms with E-state index in [0.717, 1.165) is 0 Å². The summed E-state index contributed by atoms with van der Waals surface area (Å²) in [5.41, 5.74) is 0.354. The van der Waals surface area contributed by atoms with Crippen LogP contribution in [0.3, 0.4) is 0 Å². The zero-order valence-electron chi connectivity index (χ0n) is 15.0. The highest BCUT2D eigenvalue weighted by Gasteiger charge is 2.36. The average molecular weight is 357 g/mol. The summed E-state index contributed by atoms with van der Waals surface area (Å²) in [4.78, 5) is 12.6. The molecule has 0 bridgehead atoms. The molecule has 0 saturated carbocycles. The normalized spacial score (nSPS) is 21.0. The lowest BCUT2D eigenvalue weighted by Crippen LogP contribution is -2.48. The number of hydrogen-bond donors (Lipinski definition) is 1. The number of carbonyl (C=O) groups is 1. The van der Waals surface area contributed by atoms with Gasteiger partial charge in [-0.2, -0.15) is 4.31 Å². The molecule has 1 aliphatic heterocycles. The second kappa shape index (κ2) is 7.23. The molecule has 0 radical (unpaired) electrons. The molecule has 0 aliphatic carbocycles. The number of nitrogens with zero attached hydrogens (tertiary/aromatic N) is 2. The highest BCUT2D eigenvalue weighted by atomic mass is 32.2. The van der Waals surface area contributed by atoms with Crippen molar-refractivity contribution < 1.29 is 17.7 Å². The molecule has 0 aromatic carbocycles. The molecule has 24 heavy (non-hydrogen) atoms. The number of hydrogen-bond acceptors (Lipinski definition) is 5. The molecule has 1 fully saturated rings. The van der Waals surface area contributed by atoms with Crippen LogP contribution in [0.4, 0.5) is 0 Å². The summed E-state index contributed by atoms with van der Waals surface area (Å²) >= 11 is 0. The van der Waals surface area contributed by atoms with Gasteiger partial charge in [-0.15, -0.1) is 0 Å². The van der Waals surface area contributed by atoms with E-state index in [0.29, 0.717) is 31.0 Å². The summed E-state index contributed by atoms with van der Waals surface area (Å²) in [6.45, 7) is 9.86. The molecule has 2 heterocycles. The Morgan fingerprint density at radius 2 is 2.00 bits per heavy atom. The first-order chi connectivity index (χ1) is 11.1. The van der Waals surface area contributed by atoms with Gasteiger partial charge in [0.25, 0.3) is 0 Å². The maximum Gasteiger partial charge on any atom is 0.248 e. The van der Waals surface area contributed by atoms with Crippen molar-refractivity contribution in [3.63, 3.8) is 0 Å². The summed E-state index contributed by atoms with van der Waals surface area (Å²) in [6, 6.07) is 0.0621. The van der Waals surface area contributed by atoms with E-state index in [9.17, 15) is 13.2 Å². The Balaban J connectivity index is 2.14. The van der Waals surface area contributed by atoms with Crippen LogP contribution in [-0.2, 0) is 14.8 Å². The van der Waals surface area contributed by atoms with E-state index in [4.69, 9.17) is 4.52 Å². The number of rotatable bonds is 5. The van der Waals surface area contributed by atoms with Crippen LogP contribution in [0.15, 0.2) is 9.42 Å². The summed E-state index contributed by atoms with van der Waals surface area (Å²) < 4.78 is 32.1. The van der Waals surface area contributed by atoms with Crippen molar-refractivity contribution in [3.05, 3.63) is 11.5 Å². The largest absolute Gasteiger partial charge is 0.360 e. The van der Waals surface area contributed by atoms with E-state index in [-0.39, 0.29) is 35.1 Å². The lowest BCUT2D eigenvalue weighted by molar-refractivity contribution is -0.127. The number of nitrogens with one attached hydrogen (secondary N) is 1. The molecule has 136 valence electrons. The van der Waals surface area contributed by atoms with Crippen LogP contribution in [0.1, 0.15) is 45.1 Å².